The summed E-state index contributed by atoms with van der Waals surface area (Å²) >= 11 is 0. The molecule has 0 rings (SSSR count). The van der Waals surface area contributed by atoms with Gasteiger partial charge in [-0.05, 0) is 12.8 Å². The molecule has 0 aromatic carbocycles. The Labute approximate surface area is 163 Å². The maximum absolute atomic E-state index is 10.6. The van der Waals surface area contributed by atoms with E-state index in [-0.39, 0.29) is 18.6 Å². The minimum atomic E-state index is -0.153. The molecule has 4 heteroatoms. The monoisotopic (exact) mass is 372 g/mol. The topological polar surface area (TPSA) is 89.3 Å². The molecule has 0 radical (unpaired) electrons. The molecule has 0 aliphatic rings. The van der Waals surface area contributed by atoms with Crippen LogP contribution in [0.3, 0.4) is 0 Å². The summed E-state index contributed by atoms with van der Waals surface area (Å²) in [4.78, 5) is 10.6. The summed E-state index contributed by atoms with van der Waals surface area (Å²) in [5, 5.41) is 8.21. The number of nitrogens with two attached hydrogens (primary N) is 2. The number of carbonyl (C=O) groups is 1. The molecule has 0 aliphatic heterocycles. The molecule has 0 heterocycles. The van der Waals surface area contributed by atoms with Crippen LogP contribution in [0.2, 0.25) is 0 Å². The number of primary amides is 1. The summed E-state index contributed by atoms with van der Waals surface area (Å²) < 4.78 is 0. The number of aliphatic hydroxyl groups excluding tert-OH is 1. The Kier molecular flexibility index (Phi) is 25.9. The second kappa shape index (κ2) is 24.4. The van der Waals surface area contributed by atoms with Gasteiger partial charge in [-0.3, -0.25) is 4.79 Å². The molecule has 0 aliphatic carbocycles. The van der Waals surface area contributed by atoms with Gasteiger partial charge in [0.25, 0.3) is 0 Å². The van der Waals surface area contributed by atoms with E-state index in [2.05, 4.69) is 6.92 Å². The predicted molar refractivity (Wildman–Crippen MR) is 114 cm³/mol. The van der Waals surface area contributed by atoms with E-state index in [4.69, 9.17) is 16.6 Å². The second-order valence-corrected chi connectivity index (χ2v) is 7.52. The molecule has 0 aromatic rings. The first-order valence-electron chi connectivity index (χ1n) is 11.2. The number of amides is 1. The van der Waals surface area contributed by atoms with Gasteiger partial charge in [0.2, 0.25) is 5.91 Å². The Hall–Kier alpha value is -0.610. The van der Waals surface area contributed by atoms with Gasteiger partial charge >= 0.3 is 0 Å². The lowest BCUT2D eigenvalue weighted by Gasteiger charge is -2.03. The fraction of sp³-hybridized carbons (Fsp3) is 0.955. The Morgan fingerprint density at radius 3 is 1.31 bits per heavy atom. The fourth-order valence-corrected chi connectivity index (χ4v) is 2.80. The third-order valence-corrected chi connectivity index (χ3v) is 4.79. The van der Waals surface area contributed by atoms with Crippen LogP contribution >= 0.6 is 0 Å². The second-order valence-electron chi connectivity index (χ2n) is 7.52. The Balaban J connectivity index is 0. The summed E-state index contributed by atoms with van der Waals surface area (Å²) in [5.41, 5.74) is 10.3. The number of unbranched alkanes of at least 4 members (excludes halogenated alkanes) is 14. The van der Waals surface area contributed by atoms with E-state index in [9.17, 15) is 4.79 Å². The maximum Gasteiger partial charge on any atom is 0.217 e. The Morgan fingerprint density at radius 2 is 1.08 bits per heavy atom. The molecule has 0 saturated heterocycles. The van der Waals surface area contributed by atoms with Crippen LogP contribution in [0.15, 0.2) is 0 Å². The average molecular weight is 373 g/mol. The van der Waals surface area contributed by atoms with E-state index in [1.54, 1.807) is 0 Å². The van der Waals surface area contributed by atoms with Gasteiger partial charge in [-0.2, -0.15) is 0 Å². The van der Waals surface area contributed by atoms with E-state index >= 15 is 0 Å². The summed E-state index contributed by atoms with van der Waals surface area (Å²) in [6.07, 6.45) is 21.7. The van der Waals surface area contributed by atoms with Crippen molar-refractivity contribution in [3.63, 3.8) is 0 Å². The molecule has 4 nitrogen and oxygen atoms in total. The molecule has 0 spiro atoms. The van der Waals surface area contributed by atoms with Crippen molar-refractivity contribution in [2.75, 3.05) is 6.61 Å². The molecule has 0 bridgehead atoms. The first-order chi connectivity index (χ1) is 12.6. The first-order valence-corrected chi connectivity index (χ1v) is 11.2. The van der Waals surface area contributed by atoms with E-state index in [1.165, 1.54) is 89.9 Å². The fourth-order valence-electron chi connectivity index (χ4n) is 2.80. The van der Waals surface area contributed by atoms with E-state index in [0.29, 0.717) is 6.42 Å². The minimum absolute atomic E-state index is 0.00926. The maximum atomic E-state index is 10.6. The zero-order valence-corrected chi connectivity index (χ0v) is 17.8. The molecular weight excluding hydrogens is 324 g/mol. The van der Waals surface area contributed by atoms with Gasteiger partial charge in [-0.15, -0.1) is 0 Å². The zero-order valence-electron chi connectivity index (χ0n) is 17.8. The molecule has 0 fully saturated rings. The summed E-state index contributed by atoms with van der Waals surface area (Å²) in [6, 6.07) is -0.00926. The van der Waals surface area contributed by atoms with Crippen LogP contribution in [0.25, 0.3) is 0 Å². The number of rotatable bonds is 18. The number of hydrogen-bond acceptors (Lipinski definition) is 3. The SMILES string of the molecule is CCC(N)CO.CCCCCCCCCCCCCCCCCC(N)=O. The average Bonchev–Trinajstić information content (AvgIpc) is 2.64. The molecular formula is C22H48N2O2. The molecule has 26 heavy (non-hydrogen) atoms. The van der Waals surface area contributed by atoms with Gasteiger partial charge in [0.1, 0.15) is 0 Å². The number of hydrogen-bond donors (Lipinski definition) is 3. The highest BCUT2D eigenvalue weighted by Gasteiger charge is 1.96. The van der Waals surface area contributed by atoms with Crippen molar-refractivity contribution in [2.45, 2.75) is 129 Å². The predicted octanol–water partition coefficient (Wildman–Crippen LogP) is 5.45. The van der Waals surface area contributed by atoms with Crippen molar-refractivity contribution < 1.29 is 9.90 Å². The van der Waals surface area contributed by atoms with Gasteiger partial charge in [0, 0.05) is 12.5 Å². The summed E-state index contributed by atoms with van der Waals surface area (Å²) in [6.45, 7) is 4.33. The molecule has 158 valence electrons. The van der Waals surface area contributed by atoms with Crippen LogP contribution in [0.1, 0.15) is 123 Å². The van der Waals surface area contributed by atoms with Crippen molar-refractivity contribution in [3.05, 3.63) is 0 Å². The molecule has 1 amide bonds. The van der Waals surface area contributed by atoms with Crippen molar-refractivity contribution >= 4 is 5.91 Å². The van der Waals surface area contributed by atoms with Crippen molar-refractivity contribution in [3.8, 4) is 0 Å². The lowest BCUT2D eigenvalue weighted by atomic mass is 10.0. The molecule has 1 atom stereocenters. The molecule has 0 aromatic heterocycles. The zero-order chi connectivity index (χ0) is 19.9. The van der Waals surface area contributed by atoms with Crippen molar-refractivity contribution in [2.24, 2.45) is 11.5 Å². The number of carbonyl (C=O) groups excluding carboxylic acids is 1. The van der Waals surface area contributed by atoms with Gasteiger partial charge in [0.05, 0.1) is 6.61 Å². The third-order valence-electron chi connectivity index (χ3n) is 4.79. The first kappa shape index (κ1) is 27.6. The largest absolute Gasteiger partial charge is 0.395 e. The van der Waals surface area contributed by atoms with Gasteiger partial charge < -0.3 is 16.6 Å². The van der Waals surface area contributed by atoms with E-state index < -0.39 is 0 Å². The highest BCUT2D eigenvalue weighted by Crippen LogP contribution is 2.13. The lowest BCUT2D eigenvalue weighted by Crippen LogP contribution is -2.22. The highest BCUT2D eigenvalue weighted by molar-refractivity contribution is 5.73. The van der Waals surface area contributed by atoms with E-state index in [0.717, 1.165) is 12.8 Å². The van der Waals surface area contributed by atoms with E-state index in [1.807, 2.05) is 6.92 Å². The molecule has 0 saturated carbocycles. The van der Waals surface area contributed by atoms with Crippen LogP contribution in [0.4, 0.5) is 0 Å². The van der Waals surface area contributed by atoms with Gasteiger partial charge in [0.15, 0.2) is 0 Å². The van der Waals surface area contributed by atoms with Crippen LogP contribution < -0.4 is 11.5 Å². The van der Waals surface area contributed by atoms with Crippen LogP contribution in [-0.4, -0.2) is 23.7 Å². The quantitative estimate of drug-likeness (QED) is 0.279. The Bertz CT molecular complexity index is 269. The van der Waals surface area contributed by atoms with Gasteiger partial charge in [-0.1, -0.05) is 104 Å². The van der Waals surface area contributed by atoms with Crippen LogP contribution in [0, 0.1) is 0 Å². The molecule has 1 unspecified atom stereocenters. The van der Waals surface area contributed by atoms with Crippen LogP contribution in [-0.2, 0) is 4.79 Å². The molecule has 5 N–H and O–H groups in total. The normalized spacial score (nSPS) is 11.7. The smallest absolute Gasteiger partial charge is 0.217 e. The minimum Gasteiger partial charge on any atom is -0.395 e. The summed E-state index contributed by atoms with van der Waals surface area (Å²) in [5.74, 6) is -0.153. The lowest BCUT2D eigenvalue weighted by molar-refractivity contribution is -0.118. The highest BCUT2D eigenvalue weighted by atomic mass is 16.3. The summed E-state index contributed by atoms with van der Waals surface area (Å²) in [7, 11) is 0. The van der Waals surface area contributed by atoms with Crippen LogP contribution in [0.5, 0.6) is 0 Å². The standard InChI is InChI=1S/C18H37NO.C4H11NO/c1-2-3-4-5-6-7-8-9-10-11-12-13-14-15-16-17-18(19)20;1-2-4(5)3-6/h2-17H2,1H3,(H2,19,20);4,6H,2-3,5H2,1H3. The Morgan fingerprint density at radius 1 is 0.731 bits per heavy atom. The van der Waals surface area contributed by atoms with Crippen molar-refractivity contribution in [1.82, 2.24) is 0 Å². The number of aliphatic hydroxyl groups is 1. The third kappa shape index (κ3) is 28.2. The van der Waals surface area contributed by atoms with Gasteiger partial charge in [-0.25, -0.2) is 0 Å². The van der Waals surface area contributed by atoms with Crippen molar-refractivity contribution in [1.29, 1.82) is 0 Å².